The Kier molecular flexibility index (Phi) is 3.33. The number of hydrogen-bond acceptors (Lipinski definition) is 5. The molecule has 1 amide bonds. The summed E-state index contributed by atoms with van der Waals surface area (Å²) in [4.78, 5) is 28.4. The summed E-state index contributed by atoms with van der Waals surface area (Å²) in [5.41, 5.74) is 0.321. The van der Waals surface area contributed by atoms with Crippen LogP contribution < -0.4 is 4.90 Å². The summed E-state index contributed by atoms with van der Waals surface area (Å²) in [7, 11) is 0. The van der Waals surface area contributed by atoms with Gasteiger partial charge in [-0.05, 0) is 6.92 Å². The van der Waals surface area contributed by atoms with E-state index in [9.17, 15) is 9.59 Å². The minimum atomic E-state index is -0.973. The Bertz CT molecular complexity index is 511. The molecule has 0 bridgehead atoms. The Morgan fingerprint density at radius 2 is 2.39 bits per heavy atom. The van der Waals surface area contributed by atoms with E-state index in [2.05, 4.69) is 15.2 Å². The zero-order chi connectivity index (χ0) is 13.3. The summed E-state index contributed by atoms with van der Waals surface area (Å²) in [6.07, 6.45) is 0.473. The second-order valence-electron chi connectivity index (χ2n) is 3.65. The highest BCUT2D eigenvalue weighted by Gasteiger charge is 2.41. The molecule has 2 heterocycles. The third kappa shape index (κ3) is 1.97. The highest BCUT2D eigenvalue weighted by atomic mass is 35.5. The van der Waals surface area contributed by atoms with Crippen LogP contribution in [0, 0.1) is 0 Å². The summed E-state index contributed by atoms with van der Waals surface area (Å²) in [5.74, 6) is -0.639. The van der Waals surface area contributed by atoms with Crippen LogP contribution in [0.4, 0.5) is 5.95 Å². The highest BCUT2D eigenvalue weighted by Crippen LogP contribution is 2.32. The maximum absolute atomic E-state index is 12.0. The number of carbonyl (C=O) groups excluding carboxylic acids is 2. The molecule has 1 aliphatic rings. The number of nitrogens with zero attached hydrogens (tertiary/aromatic N) is 3. The molecule has 0 saturated carbocycles. The topological polar surface area (TPSA) is 88.2 Å². The van der Waals surface area contributed by atoms with E-state index in [0.717, 1.165) is 4.90 Å². The lowest BCUT2D eigenvalue weighted by Gasteiger charge is -2.22. The molecule has 1 aromatic heterocycles. The summed E-state index contributed by atoms with van der Waals surface area (Å²) in [6, 6.07) is 0. The minimum absolute atomic E-state index is 0.179. The van der Waals surface area contributed by atoms with Crippen molar-refractivity contribution in [1.29, 1.82) is 0 Å². The van der Waals surface area contributed by atoms with E-state index in [1.807, 2.05) is 0 Å². The molecule has 0 fully saturated rings. The third-order valence-corrected chi connectivity index (χ3v) is 2.98. The Hall–Kier alpha value is -1.89. The molecule has 18 heavy (non-hydrogen) atoms. The summed E-state index contributed by atoms with van der Waals surface area (Å²) in [5, 5.41) is 6.37. The number of amides is 1. The van der Waals surface area contributed by atoms with Crippen LogP contribution in [0.3, 0.4) is 0 Å². The molecular formula is C10H11ClN4O3. The van der Waals surface area contributed by atoms with Crippen LogP contribution in [0.1, 0.15) is 20.3 Å². The molecule has 0 radical (unpaired) electrons. The van der Waals surface area contributed by atoms with Gasteiger partial charge in [-0.1, -0.05) is 18.5 Å². The molecule has 0 spiro atoms. The maximum Gasteiger partial charge on any atom is 0.307 e. The van der Waals surface area contributed by atoms with Crippen LogP contribution in [0.25, 0.3) is 0 Å². The van der Waals surface area contributed by atoms with E-state index >= 15 is 0 Å². The van der Waals surface area contributed by atoms with E-state index in [4.69, 9.17) is 16.3 Å². The van der Waals surface area contributed by atoms with Gasteiger partial charge in [-0.2, -0.15) is 10.1 Å². The number of nitrogens with one attached hydrogen (secondary N) is 1. The van der Waals surface area contributed by atoms with Crippen LogP contribution in [-0.2, 0) is 14.3 Å². The summed E-state index contributed by atoms with van der Waals surface area (Å²) >= 11 is 6.01. The summed E-state index contributed by atoms with van der Waals surface area (Å²) < 4.78 is 5.14. The van der Waals surface area contributed by atoms with Gasteiger partial charge < -0.3 is 4.74 Å². The molecule has 8 heteroatoms. The third-order valence-electron chi connectivity index (χ3n) is 2.51. The van der Waals surface area contributed by atoms with Gasteiger partial charge in [0, 0.05) is 12.0 Å². The van der Waals surface area contributed by atoms with Crippen molar-refractivity contribution in [2.45, 2.75) is 26.5 Å². The van der Waals surface area contributed by atoms with Crippen LogP contribution in [0.2, 0.25) is 0 Å². The molecule has 1 aliphatic heterocycles. The largest absolute Gasteiger partial charge is 0.436 e. The first-order valence-corrected chi connectivity index (χ1v) is 5.68. The van der Waals surface area contributed by atoms with Crippen molar-refractivity contribution in [3.05, 3.63) is 16.9 Å². The second kappa shape index (κ2) is 4.77. The van der Waals surface area contributed by atoms with Gasteiger partial charge in [-0.15, -0.1) is 0 Å². The molecule has 1 atom stereocenters. The SMILES string of the molecule is CCC(=O)OC1C(Cl)=C(C)C(=O)N1c1ncn[nH]1. The summed E-state index contributed by atoms with van der Waals surface area (Å²) in [6.45, 7) is 3.22. The van der Waals surface area contributed by atoms with Gasteiger partial charge in [0.25, 0.3) is 5.91 Å². The van der Waals surface area contributed by atoms with Crippen molar-refractivity contribution in [1.82, 2.24) is 15.2 Å². The molecule has 7 nitrogen and oxygen atoms in total. The molecular weight excluding hydrogens is 260 g/mol. The number of hydrogen-bond donors (Lipinski definition) is 1. The zero-order valence-electron chi connectivity index (χ0n) is 9.81. The first kappa shape index (κ1) is 12.6. The van der Waals surface area contributed by atoms with Crippen molar-refractivity contribution >= 4 is 29.4 Å². The van der Waals surface area contributed by atoms with Gasteiger partial charge in [0.15, 0.2) is 0 Å². The first-order chi connectivity index (χ1) is 8.56. The standard InChI is InChI=1S/C10H11ClN4O3/c1-3-6(16)18-9-7(11)5(2)8(17)15(9)10-12-4-13-14-10/h4,9H,3H2,1-2H3,(H,12,13,14). The molecule has 96 valence electrons. The first-order valence-electron chi connectivity index (χ1n) is 5.31. The van der Waals surface area contributed by atoms with E-state index in [-0.39, 0.29) is 23.3 Å². The monoisotopic (exact) mass is 270 g/mol. The van der Waals surface area contributed by atoms with Crippen molar-refractivity contribution in [2.75, 3.05) is 4.90 Å². The van der Waals surface area contributed by atoms with Gasteiger partial charge in [0.2, 0.25) is 12.2 Å². The number of esters is 1. The van der Waals surface area contributed by atoms with Crippen molar-refractivity contribution < 1.29 is 14.3 Å². The van der Waals surface area contributed by atoms with Crippen molar-refractivity contribution in [3.63, 3.8) is 0 Å². The predicted octanol–water partition coefficient (Wildman–Crippen LogP) is 0.943. The fourth-order valence-corrected chi connectivity index (χ4v) is 1.75. The van der Waals surface area contributed by atoms with Gasteiger partial charge in [-0.3, -0.25) is 9.59 Å². The number of ether oxygens (including phenoxy) is 1. The molecule has 0 aliphatic carbocycles. The predicted molar refractivity (Wildman–Crippen MR) is 62.6 cm³/mol. The van der Waals surface area contributed by atoms with E-state index in [0.29, 0.717) is 5.57 Å². The van der Waals surface area contributed by atoms with E-state index < -0.39 is 12.2 Å². The molecule has 1 aromatic rings. The maximum atomic E-state index is 12.0. The molecule has 1 unspecified atom stereocenters. The van der Waals surface area contributed by atoms with Crippen molar-refractivity contribution in [3.8, 4) is 0 Å². The van der Waals surface area contributed by atoms with E-state index in [1.54, 1.807) is 13.8 Å². The minimum Gasteiger partial charge on any atom is -0.436 e. The molecule has 0 aromatic carbocycles. The average molecular weight is 271 g/mol. The number of anilines is 1. The Morgan fingerprint density at radius 3 is 2.94 bits per heavy atom. The number of aromatic nitrogens is 3. The quantitative estimate of drug-likeness (QED) is 0.826. The number of halogens is 1. The molecule has 1 N–H and O–H groups in total. The second-order valence-corrected chi connectivity index (χ2v) is 4.06. The fraction of sp³-hybridized carbons (Fsp3) is 0.400. The lowest BCUT2D eigenvalue weighted by molar-refractivity contribution is -0.146. The van der Waals surface area contributed by atoms with Crippen LogP contribution in [-0.4, -0.2) is 33.3 Å². The fourth-order valence-electron chi connectivity index (χ4n) is 1.52. The average Bonchev–Trinajstić information content (AvgIpc) is 2.94. The number of aromatic amines is 1. The van der Waals surface area contributed by atoms with Crippen molar-refractivity contribution in [2.24, 2.45) is 0 Å². The number of rotatable bonds is 3. The Balaban J connectivity index is 2.33. The van der Waals surface area contributed by atoms with E-state index in [1.165, 1.54) is 6.33 Å². The zero-order valence-corrected chi connectivity index (χ0v) is 10.6. The van der Waals surface area contributed by atoms with Gasteiger partial charge >= 0.3 is 5.97 Å². The van der Waals surface area contributed by atoms with Gasteiger partial charge in [-0.25, -0.2) is 10.00 Å². The molecule has 2 rings (SSSR count). The lowest BCUT2D eigenvalue weighted by atomic mass is 10.3. The Labute approximate surface area is 108 Å². The highest BCUT2D eigenvalue weighted by molar-refractivity contribution is 6.35. The molecule has 0 saturated heterocycles. The van der Waals surface area contributed by atoms with Gasteiger partial charge in [0.1, 0.15) is 6.33 Å². The normalized spacial score (nSPS) is 19.6. The van der Waals surface area contributed by atoms with Gasteiger partial charge in [0.05, 0.1) is 5.03 Å². The number of carbonyl (C=O) groups is 2. The number of H-pyrrole nitrogens is 1. The lowest BCUT2D eigenvalue weighted by Crippen LogP contribution is -2.39. The Morgan fingerprint density at radius 1 is 1.67 bits per heavy atom. The van der Waals surface area contributed by atoms with Crippen LogP contribution in [0.15, 0.2) is 16.9 Å². The smallest absolute Gasteiger partial charge is 0.307 e. The van der Waals surface area contributed by atoms with Crippen LogP contribution >= 0.6 is 11.6 Å². The van der Waals surface area contributed by atoms with Crippen LogP contribution in [0.5, 0.6) is 0 Å².